The molecule has 0 atom stereocenters. The molecule has 7 nitrogen and oxygen atoms in total. The van der Waals surface area contributed by atoms with Gasteiger partial charge in [-0.2, -0.15) is 14.9 Å². The van der Waals surface area contributed by atoms with E-state index in [-0.39, 0.29) is 5.16 Å². The Balaban J connectivity index is 1.90. The fraction of sp³-hybridized carbons (Fsp3) is 0.250. The summed E-state index contributed by atoms with van der Waals surface area (Å²) in [6.45, 7) is 0.433. The molecule has 0 bridgehead atoms. The van der Waals surface area contributed by atoms with Gasteiger partial charge in [-0.15, -0.1) is 10.2 Å². The number of rotatable bonds is 7. The highest BCUT2D eigenvalue weighted by molar-refractivity contribution is 7.98. The Morgan fingerprint density at radius 1 is 1.37 bits per heavy atom. The van der Waals surface area contributed by atoms with Crippen molar-refractivity contribution in [3.63, 3.8) is 0 Å². The topological polar surface area (TPSA) is 70.1 Å². The van der Waals surface area contributed by atoms with E-state index in [4.69, 9.17) is 16.3 Å². The summed E-state index contributed by atoms with van der Waals surface area (Å²) < 4.78 is 34.2. The highest BCUT2D eigenvalue weighted by atomic mass is 35.5. The summed E-state index contributed by atoms with van der Waals surface area (Å²) in [5.74, 6) is 0.164. The summed E-state index contributed by atoms with van der Waals surface area (Å²) in [7, 11) is 1.57. The van der Waals surface area contributed by atoms with E-state index in [0.29, 0.717) is 22.9 Å². The van der Waals surface area contributed by atoms with Gasteiger partial charge < -0.3 is 4.74 Å². The lowest BCUT2D eigenvalue weighted by Gasteiger charge is -2.09. The minimum atomic E-state index is -2.77. The smallest absolute Gasteiger partial charge is 0.299 e. The second kappa shape index (κ2) is 8.49. The van der Waals surface area contributed by atoms with Crippen molar-refractivity contribution in [1.29, 1.82) is 0 Å². The molecule has 0 amide bonds. The molecule has 2 aromatic heterocycles. The summed E-state index contributed by atoms with van der Waals surface area (Å²) in [4.78, 5) is 0. The lowest BCUT2D eigenvalue weighted by atomic mass is 10.1. The molecule has 0 spiro atoms. The van der Waals surface area contributed by atoms with Crippen molar-refractivity contribution in [3.8, 4) is 5.75 Å². The van der Waals surface area contributed by atoms with E-state index in [0.717, 1.165) is 10.2 Å². The molecule has 3 aromatic rings. The van der Waals surface area contributed by atoms with Gasteiger partial charge in [0.1, 0.15) is 5.75 Å². The van der Waals surface area contributed by atoms with Crippen LogP contribution < -0.4 is 4.74 Å². The van der Waals surface area contributed by atoms with Crippen LogP contribution in [0.5, 0.6) is 5.75 Å². The second-order valence-electron chi connectivity index (χ2n) is 5.33. The predicted molar refractivity (Wildman–Crippen MR) is 99.1 cm³/mol. The zero-order chi connectivity index (χ0) is 19.4. The fourth-order valence-electron chi connectivity index (χ4n) is 2.37. The van der Waals surface area contributed by atoms with Crippen LogP contribution in [-0.2, 0) is 6.54 Å². The van der Waals surface area contributed by atoms with Gasteiger partial charge >= 0.3 is 0 Å². The molecular formula is C16H15ClF2N6OS. The summed E-state index contributed by atoms with van der Waals surface area (Å²) in [6.07, 6.45) is 3.64. The number of hydrogen-bond acceptors (Lipinski definition) is 6. The minimum absolute atomic E-state index is 0.279. The van der Waals surface area contributed by atoms with Crippen molar-refractivity contribution in [2.24, 2.45) is 5.10 Å². The monoisotopic (exact) mass is 412 g/mol. The van der Waals surface area contributed by atoms with E-state index >= 15 is 0 Å². The zero-order valence-electron chi connectivity index (χ0n) is 14.4. The van der Waals surface area contributed by atoms with Crippen molar-refractivity contribution in [2.45, 2.75) is 18.1 Å². The molecule has 0 N–H and O–H groups in total. The van der Waals surface area contributed by atoms with E-state index in [1.54, 1.807) is 42.6 Å². The van der Waals surface area contributed by atoms with Crippen molar-refractivity contribution >= 4 is 29.6 Å². The highest BCUT2D eigenvalue weighted by Crippen LogP contribution is 2.23. The Bertz CT molecular complexity index is 958. The quantitative estimate of drug-likeness (QED) is 0.437. The molecule has 0 saturated heterocycles. The molecule has 0 fully saturated rings. The number of nitrogens with zero attached hydrogens (tertiary/aromatic N) is 6. The highest BCUT2D eigenvalue weighted by Gasteiger charge is 2.19. The molecule has 0 saturated carbocycles. The Hall–Kier alpha value is -2.46. The first-order valence-corrected chi connectivity index (χ1v) is 9.28. The van der Waals surface area contributed by atoms with Crippen LogP contribution in [0.1, 0.15) is 23.4 Å². The van der Waals surface area contributed by atoms with Gasteiger partial charge in [0.2, 0.25) is 11.0 Å². The molecule has 27 heavy (non-hydrogen) atoms. The fourth-order valence-corrected chi connectivity index (χ4v) is 2.97. The van der Waals surface area contributed by atoms with Crippen molar-refractivity contribution in [2.75, 3.05) is 13.4 Å². The van der Waals surface area contributed by atoms with Crippen LogP contribution in [0.25, 0.3) is 0 Å². The summed E-state index contributed by atoms with van der Waals surface area (Å²) in [5.41, 5.74) is 1.54. The number of aromatic nitrogens is 5. The number of methoxy groups -OCH3 is 1. The first-order valence-electron chi connectivity index (χ1n) is 7.68. The normalized spacial score (nSPS) is 11.6. The van der Waals surface area contributed by atoms with E-state index in [1.165, 1.54) is 18.0 Å². The summed E-state index contributed by atoms with van der Waals surface area (Å²) in [6, 6.07) is 5.38. The van der Waals surface area contributed by atoms with Crippen LogP contribution in [0.3, 0.4) is 0 Å². The molecule has 0 aliphatic rings. The maximum Gasteiger partial charge on any atom is 0.299 e. The Kier molecular flexibility index (Phi) is 6.07. The van der Waals surface area contributed by atoms with E-state index in [9.17, 15) is 8.78 Å². The Morgan fingerprint density at radius 2 is 2.19 bits per heavy atom. The van der Waals surface area contributed by atoms with Crippen LogP contribution in [0, 0.1) is 0 Å². The van der Waals surface area contributed by atoms with Gasteiger partial charge in [-0.25, -0.2) is 8.78 Å². The number of hydrogen-bond donors (Lipinski definition) is 0. The van der Waals surface area contributed by atoms with Crippen molar-refractivity contribution in [3.05, 3.63) is 52.6 Å². The predicted octanol–water partition coefficient (Wildman–Crippen LogP) is 3.73. The number of benzene rings is 1. The SMILES string of the molecule is COc1ccc(/C=N\n2c(SC)nnc2C(F)F)cc1Cn1cc(Cl)cn1. The van der Waals surface area contributed by atoms with Crippen LogP contribution >= 0.6 is 23.4 Å². The summed E-state index contributed by atoms with van der Waals surface area (Å²) >= 11 is 7.07. The standard InChI is InChI=1S/C16H15ClF2N6OS/c1-26-13-4-3-10(5-11(13)8-24-9-12(17)7-20-24)6-21-25-15(14(18)19)22-23-16(25)27-2/h3-7,9,14H,8H2,1-2H3/b21-6-. The molecule has 0 aliphatic carbocycles. The average molecular weight is 413 g/mol. The lowest BCUT2D eigenvalue weighted by Crippen LogP contribution is -2.04. The van der Waals surface area contributed by atoms with E-state index in [2.05, 4.69) is 20.4 Å². The molecule has 0 radical (unpaired) electrons. The van der Waals surface area contributed by atoms with E-state index < -0.39 is 12.2 Å². The van der Waals surface area contributed by atoms with E-state index in [1.807, 2.05) is 6.07 Å². The number of alkyl halides is 2. The van der Waals surface area contributed by atoms with Gasteiger partial charge in [0.05, 0.1) is 31.1 Å². The number of ether oxygens (including phenoxy) is 1. The van der Waals surface area contributed by atoms with Gasteiger partial charge in [0.15, 0.2) is 0 Å². The Morgan fingerprint density at radius 3 is 2.81 bits per heavy atom. The molecule has 0 unspecified atom stereocenters. The second-order valence-corrected chi connectivity index (χ2v) is 6.54. The molecule has 1 aromatic carbocycles. The zero-order valence-corrected chi connectivity index (χ0v) is 16.0. The number of thioether (sulfide) groups is 1. The van der Waals surface area contributed by atoms with Gasteiger partial charge in [-0.3, -0.25) is 4.68 Å². The Labute approximate surface area is 163 Å². The molecule has 0 aliphatic heterocycles. The van der Waals surface area contributed by atoms with Gasteiger partial charge in [-0.1, -0.05) is 23.4 Å². The van der Waals surface area contributed by atoms with Crippen LogP contribution in [0.15, 0.2) is 40.9 Å². The maximum absolute atomic E-state index is 13.1. The first-order chi connectivity index (χ1) is 13.0. The van der Waals surface area contributed by atoms with Crippen molar-refractivity contribution in [1.82, 2.24) is 24.7 Å². The van der Waals surface area contributed by atoms with Crippen molar-refractivity contribution < 1.29 is 13.5 Å². The average Bonchev–Trinajstić information content (AvgIpc) is 3.25. The molecule has 2 heterocycles. The maximum atomic E-state index is 13.1. The molecule has 11 heteroatoms. The minimum Gasteiger partial charge on any atom is -0.496 e. The van der Waals surface area contributed by atoms with Gasteiger partial charge in [0, 0.05) is 11.8 Å². The number of halogens is 3. The molecule has 3 rings (SSSR count). The van der Waals surface area contributed by atoms with Crippen LogP contribution in [-0.4, -0.2) is 44.2 Å². The van der Waals surface area contributed by atoms with Crippen LogP contribution in [0.2, 0.25) is 5.02 Å². The first kappa shape index (κ1) is 19.3. The lowest BCUT2D eigenvalue weighted by molar-refractivity contribution is 0.135. The third kappa shape index (κ3) is 4.45. The van der Waals surface area contributed by atoms with Gasteiger partial charge in [-0.05, 0) is 30.0 Å². The van der Waals surface area contributed by atoms with Crippen LogP contribution in [0.4, 0.5) is 8.78 Å². The molecule has 142 valence electrons. The van der Waals surface area contributed by atoms with Gasteiger partial charge in [0.25, 0.3) is 6.43 Å². The third-order valence-corrected chi connectivity index (χ3v) is 4.39. The summed E-state index contributed by atoms with van der Waals surface area (Å²) in [5, 5.41) is 16.3. The third-order valence-electron chi connectivity index (χ3n) is 3.57. The molecular weight excluding hydrogens is 398 g/mol. The largest absolute Gasteiger partial charge is 0.496 e.